The van der Waals surface area contributed by atoms with Crippen molar-refractivity contribution < 1.29 is 14.3 Å². The minimum atomic E-state index is -0.228. The fourth-order valence-corrected chi connectivity index (χ4v) is 1.25. The molecule has 0 atom stereocenters. The van der Waals surface area contributed by atoms with Crippen molar-refractivity contribution in [2.24, 2.45) is 0 Å². The topological polar surface area (TPSA) is 47.6 Å². The number of rotatable bonds is 6. The average molecular weight is 223 g/mol. The molecule has 88 valence electrons. The molecule has 1 rings (SSSR count). The van der Waals surface area contributed by atoms with Gasteiger partial charge in [-0.1, -0.05) is 12.1 Å². The molecule has 0 heterocycles. The average Bonchev–Trinajstić information content (AvgIpc) is 2.30. The first-order chi connectivity index (χ1) is 7.76. The molecule has 4 nitrogen and oxygen atoms in total. The highest BCUT2D eigenvalue weighted by molar-refractivity contribution is 5.72. The predicted octanol–water partition coefficient (Wildman–Crippen LogP) is 1.46. The van der Waals surface area contributed by atoms with Crippen molar-refractivity contribution >= 4 is 11.7 Å². The van der Waals surface area contributed by atoms with Gasteiger partial charge >= 0.3 is 5.97 Å². The second-order valence-electron chi connectivity index (χ2n) is 3.34. The van der Waals surface area contributed by atoms with Crippen molar-refractivity contribution in [3.8, 4) is 0 Å². The van der Waals surface area contributed by atoms with Crippen LogP contribution in [-0.4, -0.2) is 33.3 Å². The molecule has 0 amide bonds. The summed E-state index contributed by atoms with van der Waals surface area (Å²) in [5.41, 5.74) is 1.97. The predicted molar refractivity (Wildman–Crippen MR) is 62.5 cm³/mol. The smallest absolute Gasteiger partial charge is 0.310 e. The first-order valence-electron chi connectivity index (χ1n) is 5.17. The molecule has 0 aromatic heterocycles. The fraction of sp³-hybridized carbons (Fsp3) is 0.417. The van der Waals surface area contributed by atoms with Gasteiger partial charge < -0.3 is 14.8 Å². The number of carbonyl (C=O) groups excluding carboxylic acids is 1. The lowest BCUT2D eigenvalue weighted by Crippen LogP contribution is -2.11. The lowest BCUT2D eigenvalue weighted by Gasteiger charge is -2.05. The molecule has 0 bridgehead atoms. The number of esters is 1. The molecular weight excluding hydrogens is 206 g/mol. The summed E-state index contributed by atoms with van der Waals surface area (Å²) >= 11 is 0. The van der Waals surface area contributed by atoms with Crippen LogP contribution in [0.5, 0.6) is 0 Å². The van der Waals surface area contributed by atoms with Crippen LogP contribution in [0.4, 0.5) is 5.69 Å². The van der Waals surface area contributed by atoms with Crippen LogP contribution in [-0.2, 0) is 20.7 Å². The van der Waals surface area contributed by atoms with Gasteiger partial charge in [0.15, 0.2) is 0 Å². The number of hydrogen-bond acceptors (Lipinski definition) is 4. The Balaban J connectivity index is 2.37. The maximum atomic E-state index is 11.3. The third-order valence-corrected chi connectivity index (χ3v) is 2.14. The molecule has 0 aliphatic rings. The van der Waals surface area contributed by atoms with E-state index in [0.717, 1.165) is 11.3 Å². The van der Waals surface area contributed by atoms with Crippen LogP contribution >= 0.6 is 0 Å². The standard InChI is InChI=1S/C12H17NO3/c1-13-11-5-3-10(4-6-11)9-12(14)16-8-7-15-2/h3-6,13H,7-9H2,1-2H3. The highest BCUT2D eigenvalue weighted by Crippen LogP contribution is 2.09. The van der Waals surface area contributed by atoms with Gasteiger partial charge in [0.2, 0.25) is 0 Å². The van der Waals surface area contributed by atoms with E-state index in [4.69, 9.17) is 9.47 Å². The number of nitrogens with one attached hydrogen (secondary N) is 1. The van der Waals surface area contributed by atoms with Gasteiger partial charge in [0.1, 0.15) is 6.61 Å². The molecule has 0 spiro atoms. The highest BCUT2D eigenvalue weighted by atomic mass is 16.6. The molecule has 0 aliphatic carbocycles. The minimum Gasteiger partial charge on any atom is -0.463 e. The summed E-state index contributed by atoms with van der Waals surface area (Å²) in [4.78, 5) is 11.3. The number of hydrogen-bond donors (Lipinski definition) is 1. The third-order valence-electron chi connectivity index (χ3n) is 2.14. The van der Waals surface area contributed by atoms with Gasteiger partial charge in [-0.25, -0.2) is 0 Å². The van der Waals surface area contributed by atoms with Gasteiger partial charge in [0, 0.05) is 19.8 Å². The summed E-state index contributed by atoms with van der Waals surface area (Å²) in [5, 5.41) is 3.02. The molecule has 0 aliphatic heterocycles. The maximum absolute atomic E-state index is 11.3. The lowest BCUT2D eigenvalue weighted by atomic mass is 10.1. The van der Waals surface area contributed by atoms with Crippen molar-refractivity contribution in [1.29, 1.82) is 0 Å². The van der Waals surface area contributed by atoms with E-state index in [9.17, 15) is 4.79 Å². The molecule has 1 N–H and O–H groups in total. The summed E-state index contributed by atoms with van der Waals surface area (Å²) in [6, 6.07) is 7.67. The van der Waals surface area contributed by atoms with Crippen molar-refractivity contribution in [2.45, 2.75) is 6.42 Å². The SMILES string of the molecule is CNc1ccc(CC(=O)OCCOC)cc1. The Morgan fingerprint density at radius 3 is 2.50 bits per heavy atom. The summed E-state index contributed by atoms with van der Waals surface area (Å²) in [6.07, 6.45) is 0.299. The molecule has 0 saturated heterocycles. The number of anilines is 1. The zero-order valence-corrected chi connectivity index (χ0v) is 9.66. The third kappa shape index (κ3) is 4.31. The Hall–Kier alpha value is -1.55. The van der Waals surface area contributed by atoms with E-state index >= 15 is 0 Å². The Morgan fingerprint density at radius 1 is 1.25 bits per heavy atom. The van der Waals surface area contributed by atoms with E-state index in [1.807, 2.05) is 31.3 Å². The van der Waals surface area contributed by atoms with Crippen LogP contribution < -0.4 is 5.32 Å². The zero-order valence-electron chi connectivity index (χ0n) is 9.66. The lowest BCUT2D eigenvalue weighted by molar-refractivity contribution is -0.144. The van der Waals surface area contributed by atoms with Crippen LogP contribution in [0.2, 0.25) is 0 Å². The van der Waals surface area contributed by atoms with E-state index in [1.54, 1.807) is 7.11 Å². The monoisotopic (exact) mass is 223 g/mol. The van der Waals surface area contributed by atoms with E-state index < -0.39 is 0 Å². The normalized spacial score (nSPS) is 9.88. The Labute approximate surface area is 95.6 Å². The summed E-state index contributed by atoms with van der Waals surface area (Å²) in [6.45, 7) is 0.744. The van der Waals surface area contributed by atoms with Gasteiger partial charge in [0.05, 0.1) is 13.0 Å². The molecule has 4 heteroatoms. The number of carbonyl (C=O) groups is 1. The van der Waals surface area contributed by atoms with E-state index in [0.29, 0.717) is 19.6 Å². The number of benzene rings is 1. The summed E-state index contributed by atoms with van der Waals surface area (Å²) in [5.74, 6) is -0.228. The van der Waals surface area contributed by atoms with Crippen molar-refractivity contribution in [1.82, 2.24) is 0 Å². The minimum absolute atomic E-state index is 0.228. The molecule has 0 radical (unpaired) electrons. The molecule has 1 aromatic rings. The van der Waals surface area contributed by atoms with Crippen LogP contribution in [0.15, 0.2) is 24.3 Å². The second kappa shape index (κ2) is 6.85. The molecular formula is C12H17NO3. The molecule has 16 heavy (non-hydrogen) atoms. The van der Waals surface area contributed by atoms with Crippen LogP contribution in [0.3, 0.4) is 0 Å². The van der Waals surface area contributed by atoms with Crippen molar-refractivity contribution in [3.05, 3.63) is 29.8 Å². The van der Waals surface area contributed by atoms with Crippen LogP contribution in [0.25, 0.3) is 0 Å². The maximum Gasteiger partial charge on any atom is 0.310 e. The quantitative estimate of drug-likeness (QED) is 0.586. The van der Waals surface area contributed by atoms with Gasteiger partial charge in [-0.3, -0.25) is 4.79 Å². The van der Waals surface area contributed by atoms with Gasteiger partial charge in [-0.2, -0.15) is 0 Å². The second-order valence-corrected chi connectivity index (χ2v) is 3.34. The first kappa shape index (κ1) is 12.5. The Bertz CT molecular complexity index is 322. The van der Waals surface area contributed by atoms with Gasteiger partial charge in [-0.15, -0.1) is 0 Å². The van der Waals surface area contributed by atoms with Gasteiger partial charge in [-0.05, 0) is 17.7 Å². The van der Waals surface area contributed by atoms with E-state index in [1.165, 1.54) is 0 Å². The van der Waals surface area contributed by atoms with E-state index in [-0.39, 0.29) is 5.97 Å². The molecule has 0 fully saturated rings. The number of methoxy groups -OCH3 is 1. The van der Waals surface area contributed by atoms with Crippen LogP contribution in [0.1, 0.15) is 5.56 Å². The van der Waals surface area contributed by atoms with Crippen molar-refractivity contribution in [3.63, 3.8) is 0 Å². The summed E-state index contributed by atoms with van der Waals surface area (Å²) < 4.78 is 9.75. The fourth-order valence-electron chi connectivity index (χ4n) is 1.25. The van der Waals surface area contributed by atoms with E-state index in [2.05, 4.69) is 5.32 Å². The highest BCUT2D eigenvalue weighted by Gasteiger charge is 2.04. The van der Waals surface area contributed by atoms with Crippen molar-refractivity contribution in [2.75, 3.05) is 32.7 Å². The van der Waals surface area contributed by atoms with Gasteiger partial charge in [0.25, 0.3) is 0 Å². The Morgan fingerprint density at radius 2 is 1.94 bits per heavy atom. The Kier molecular flexibility index (Phi) is 5.36. The zero-order chi connectivity index (χ0) is 11.8. The largest absolute Gasteiger partial charge is 0.463 e. The molecule has 0 saturated carbocycles. The molecule has 1 aromatic carbocycles. The van der Waals surface area contributed by atoms with Crippen LogP contribution in [0, 0.1) is 0 Å². The summed E-state index contributed by atoms with van der Waals surface area (Å²) in [7, 11) is 3.43. The molecule has 0 unspecified atom stereocenters. The number of ether oxygens (including phenoxy) is 2. The first-order valence-corrected chi connectivity index (χ1v) is 5.17.